The lowest BCUT2D eigenvalue weighted by atomic mass is 10.2. The molecule has 0 spiro atoms. The van der Waals surface area contributed by atoms with Gasteiger partial charge < -0.3 is 20.0 Å². The third kappa shape index (κ3) is 2.75. The largest absolute Gasteiger partial charge is 0.573 e. The van der Waals surface area contributed by atoms with Gasteiger partial charge in [0, 0.05) is 0 Å². The molecule has 0 aliphatic rings. The van der Waals surface area contributed by atoms with Gasteiger partial charge in [-0.25, -0.2) is 9.78 Å². The number of rotatable bonds is 3. The summed E-state index contributed by atoms with van der Waals surface area (Å²) in [7, 11) is 0. The number of aromatic nitrogens is 1. The molecule has 0 aliphatic carbocycles. The molecule has 1 aromatic heterocycles. The summed E-state index contributed by atoms with van der Waals surface area (Å²) in [6.45, 7) is 0. The zero-order chi connectivity index (χ0) is 14.1. The van der Waals surface area contributed by atoms with E-state index in [-0.39, 0.29) is 0 Å². The molecule has 0 saturated carbocycles. The van der Waals surface area contributed by atoms with Crippen LogP contribution in [-0.2, 0) is 0 Å². The van der Waals surface area contributed by atoms with E-state index in [1.807, 2.05) is 0 Å². The van der Waals surface area contributed by atoms with E-state index in [0.29, 0.717) is 6.20 Å². The number of hydrogen-bond acceptors (Lipinski definition) is 5. The van der Waals surface area contributed by atoms with Gasteiger partial charge in [0.05, 0.1) is 0 Å². The van der Waals surface area contributed by atoms with Crippen molar-refractivity contribution in [1.82, 2.24) is 4.98 Å². The van der Waals surface area contributed by atoms with E-state index in [0.717, 1.165) is 0 Å². The maximum Gasteiger partial charge on any atom is 0.573 e. The summed E-state index contributed by atoms with van der Waals surface area (Å²) in [6, 6.07) is 0. The molecule has 0 aliphatic heterocycles. The molecule has 0 bridgehead atoms. The minimum absolute atomic E-state index is 0.409. The predicted octanol–water partition coefficient (Wildman–Crippen LogP) is 0.880. The molecule has 98 valence electrons. The number of halogens is 3. The first kappa shape index (κ1) is 13.5. The number of ether oxygens (including phenoxy) is 1. The molecular formula is C7H3F3N2O6. The van der Waals surface area contributed by atoms with Gasteiger partial charge in [0.2, 0.25) is 5.43 Å². The van der Waals surface area contributed by atoms with Crippen LogP contribution in [0.2, 0.25) is 0 Å². The first-order valence-electron chi connectivity index (χ1n) is 4.02. The van der Waals surface area contributed by atoms with E-state index in [1.165, 1.54) is 0 Å². The average molecular weight is 268 g/mol. The number of hydrogen-bond donors (Lipinski definition) is 2. The Balaban J connectivity index is 3.51. The smallest absolute Gasteiger partial charge is 0.477 e. The Morgan fingerprint density at radius 1 is 1.50 bits per heavy atom. The fourth-order valence-electron chi connectivity index (χ4n) is 1.01. The Bertz CT molecular complexity index is 563. The monoisotopic (exact) mass is 268 g/mol. The van der Waals surface area contributed by atoms with E-state index in [4.69, 9.17) is 5.11 Å². The van der Waals surface area contributed by atoms with E-state index in [9.17, 15) is 32.9 Å². The normalized spacial score (nSPS) is 11.1. The van der Waals surface area contributed by atoms with Crippen molar-refractivity contribution in [3.63, 3.8) is 0 Å². The van der Waals surface area contributed by atoms with Gasteiger partial charge in [-0.1, -0.05) is 0 Å². The SMILES string of the molecule is O=C(O)c1c[nH]c([N+](=O)[O-])c(OC(F)(F)F)c1=O. The van der Waals surface area contributed by atoms with E-state index in [1.54, 1.807) is 4.98 Å². The van der Waals surface area contributed by atoms with Gasteiger partial charge in [-0.3, -0.25) is 4.79 Å². The van der Waals surface area contributed by atoms with Crippen molar-refractivity contribution in [3.8, 4) is 5.75 Å². The fraction of sp³-hybridized carbons (Fsp3) is 0.143. The minimum Gasteiger partial charge on any atom is -0.477 e. The number of aromatic amines is 1. The summed E-state index contributed by atoms with van der Waals surface area (Å²) in [5.41, 5.74) is -2.86. The van der Waals surface area contributed by atoms with Gasteiger partial charge >= 0.3 is 18.1 Å². The summed E-state index contributed by atoms with van der Waals surface area (Å²) < 4.78 is 39.0. The molecule has 0 aromatic carbocycles. The molecule has 0 atom stereocenters. The Hall–Kier alpha value is -2.59. The minimum atomic E-state index is -5.37. The van der Waals surface area contributed by atoms with E-state index < -0.39 is 39.8 Å². The topological polar surface area (TPSA) is 123 Å². The highest BCUT2D eigenvalue weighted by atomic mass is 19.4. The molecule has 0 unspecified atom stereocenters. The molecule has 0 saturated heterocycles. The van der Waals surface area contributed by atoms with Crippen molar-refractivity contribution in [2.24, 2.45) is 0 Å². The summed E-state index contributed by atoms with van der Waals surface area (Å²) in [5.74, 6) is -4.96. The Labute approximate surface area is 94.8 Å². The van der Waals surface area contributed by atoms with Crippen LogP contribution in [0.25, 0.3) is 0 Å². The van der Waals surface area contributed by atoms with Crippen LogP contribution < -0.4 is 10.2 Å². The predicted molar refractivity (Wildman–Crippen MR) is 47.4 cm³/mol. The second-order valence-electron chi connectivity index (χ2n) is 2.82. The summed E-state index contributed by atoms with van der Waals surface area (Å²) in [6.07, 6.45) is -4.96. The zero-order valence-electron chi connectivity index (χ0n) is 8.15. The van der Waals surface area contributed by atoms with Gasteiger partial charge in [-0.15, -0.1) is 13.2 Å². The van der Waals surface area contributed by atoms with Crippen molar-refractivity contribution in [3.05, 3.63) is 32.1 Å². The van der Waals surface area contributed by atoms with Gasteiger partial charge in [0.15, 0.2) is 0 Å². The van der Waals surface area contributed by atoms with Crippen LogP contribution in [0.4, 0.5) is 19.0 Å². The second-order valence-corrected chi connectivity index (χ2v) is 2.82. The Morgan fingerprint density at radius 3 is 2.44 bits per heavy atom. The van der Waals surface area contributed by atoms with Gasteiger partial charge in [0.25, 0.3) is 5.75 Å². The number of carboxylic acids is 1. The number of nitrogens with one attached hydrogen (secondary N) is 1. The Morgan fingerprint density at radius 2 is 2.06 bits per heavy atom. The molecule has 1 aromatic rings. The number of alkyl halides is 3. The number of pyridine rings is 1. The highest BCUT2D eigenvalue weighted by Gasteiger charge is 2.37. The number of H-pyrrole nitrogens is 1. The van der Waals surface area contributed by atoms with Crippen LogP contribution in [0.5, 0.6) is 5.75 Å². The Kier molecular flexibility index (Phi) is 3.26. The van der Waals surface area contributed by atoms with Crippen molar-refractivity contribution in [1.29, 1.82) is 0 Å². The molecule has 2 N–H and O–H groups in total. The highest BCUT2D eigenvalue weighted by Crippen LogP contribution is 2.26. The standard InChI is InChI=1S/C7H3F3N2O6/c8-7(9,10)18-4-3(13)2(6(14)15)1-11-5(4)12(16)17/h1H,(H,11,13)(H,14,15). The average Bonchev–Trinajstić information content (AvgIpc) is 2.17. The highest BCUT2D eigenvalue weighted by molar-refractivity contribution is 5.87. The van der Waals surface area contributed by atoms with Crippen LogP contribution in [0.3, 0.4) is 0 Å². The van der Waals surface area contributed by atoms with Gasteiger partial charge in [-0.05, 0) is 4.92 Å². The summed E-state index contributed by atoms with van der Waals surface area (Å²) in [4.78, 5) is 32.5. The maximum absolute atomic E-state index is 12.0. The van der Waals surface area contributed by atoms with Crippen LogP contribution in [0, 0.1) is 10.1 Å². The molecule has 18 heavy (non-hydrogen) atoms. The van der Waals surface area contributed by atoms with Crippen molar-refractivity contribution in [2.75, 3.05) is 0 Å². The number of carboxylic acid groups (broad SMARTS) is 1. The van der Waals surface area contributed by atoms with E-state index >= 15 is 0 Å². The third-order valence-corrected chi connectivity index (χ3v) is 1.65. The first-order valence-corrected chi connectivity index (χ1v) is 4.02. The molecule has 0 fully saturated rings. The number of aromatic carboxylic acids is 1. The molecule has 1 rings (SSSR count). The van der Waals surface area contributed by atoms with Crippen LogP contribution in [0.15, 0.2) is 11.0 Å². The number of carbonyl (C=O) groups is 1. The number of nitro groups is 1. The molecule has 1 heterocycles. The second kappa shape index (κ2) is 4.35. The van der Waals surface area contributed by atoms with Crippen molar-refractivity contribution in [2.45, 2.75) is 6.36 Å². The van der Waals surface area contributed by atoms with E-state index in [2.05, 4.69) is 4.74 Å². The molecule has 0 radical (unpaired) electrons. The van der Waals surface area contributed by atoms with Crippen molar-refractivity contribution < 1.29 is 32.7 Å². The van der Waals surface area contributed by atoms with Crippen LogP contribution in [-0.4, -0.2) is 27.3 Å². The third-order valence-electron chi connectivity index (χ3n) is 1.65. The first-order chi connectivity index (χ1) is 8.13. The van der Waals surface area contributed by atoms with Gasteiger partial charge in [-0.2, -0.15) is 0 Å². The zero-order valence-corrected chi connectivity index (χ0v) is 8.15. The van der Waals surface area contributed by atoms with Crippen LogP contribution in [0.1, 0.15) is 10.4 Å². The summed E-state index contributed by atoms with van der Waals surface area (Å²) >= 11 is 0. The maximum atomic E-state index is 12.0. The molecule has 0 amide bonds. The quantitative estimate of drug-likeness (QED) is 0.619. The fourth-order valence-corrected chi connectivity index (χ4v) is 1.01. The lowest BCUT2D eigenvalue weighted by Crippen LogP contribution is -2.26. The lowest BCUT2D eigenvalue weighted by Gasteiger charge is -2.08. The molecule has 11 heteroatoms. The lowest BCUT2D eigenvalue weighted by molar-refractivity contribution is -0.393. The van der Waals surface area contributed by atoms with Gasteiger partial charge in [0.1, 0.15) is 11.8 Å². The number of nitrogens with zero attached hydrogens (tertiary/aromatic N) is 1. The summed E-state index contributed by atoms with van der Waals surface area (Å²) in [5, 5.41) is 18.9. The molecular weight excluding hydrogens is 265 g/mol. The molecule has 8 nitrogen and oxygen atoms in total. The van der Waals surface area contributed by atoms with Crippen molar-refractivity contribution >= 4 is 11.8 Å². The van der Waals surface area contributed by atoms with Crippen LogP contribution >= 0.6 is 0 Å².